The Balaban J connectivity index is 1.44. The van der Waals surface area contributed by atoms with Gasteiger partial charge in [0, 0.05) is 30.6 Å². The third kappa shape index (κ3) is 4.73. The largest absolute Gasteiger partial charge is 0.459 e. The molecule has 0 unspecified atom stereocenters. The number of furan rings is 1. The molecule has 0 saturated carbocycles. The molecule has 2 heterocycles. The Morgan fingerprint density at radius 3 is 2.69 bits per heavy atom. The summed E-state index contributed by atoms with van der Waals surface area (Å²) in [6.07, 6.45) is 3.23. The van der Waals surface area contributed by atoms with Gasteiger partial charge >= 0.3 is 0 Å². The van der Waals surface area contributed by atoms with Crippen LogP contribution in [0.5, 0.6) is 0 Å². The number of carbonyl (C=O) groups excluding carboxylic acids is 2. The van der Waals surface area contributed by atoms with Crippen molar-refractivity contribution in [3.8, 4) is 0 Å². The monoisotopic (exact) mass is 371 g/mol. The summed E-state index contributed by atoms with van der Waals surface area (Å²) >= 11 is 1.48. The van der Waals surface area contributed by atoms with Crippen molar-refractivity contribution in [2.75, 3.05) is 11.9 Å². The number of benzene rings is 1. The van der Waals surface area contributed by atoms with Crippen LogP contribution in [-0.4, -0.2) is 33.1 Å². The summed E-state index contributed by atoms with van der Waals surface area (Å²) in [6.45, 7) is 0.228. The molecular weight excluding hydrogens is 354 g/mol. The lowest BCUT2D eigenvalue weighted by atomic mass is 10.3. The molecule has 9 heteroatoms. The minimum atomic E-state index is -0.340. The first-order chi connectivity index (χ1) is 12.6. The van der Waals surface area contributed by atoms with Crippen LogP contribution < -0.4 is 10.6 Å². The van der Waals surface area contributed by atoms with Crippen LogP contribution in [0.2, 0.25) is 0 Å². The van der Waals surface area contributed by atoms with Crippen LogP contribution in [0, 0.1) is 0 Å². The van der Waals surface area contributed by atoms with Gasteiger partial charge in [0.1, 0.15) is 6.33 Å². The van der Waals surface area contributed by atoms with Crippen molar-refractivity contribution in [1.29, 1.82) is 0 Å². The third-order valence-electron chi connectivity index (χ3n) is 3.40. The van der Waals surface area contributed by atoms with Gasteiger partial charge in [-0.15, -0.1) is 10.2 Å². The molecular formula is C17H17N5O3S. The highest BCUT2D eigenvalue weighted by Crippen LogP contribution is 2.26. The van der Waals surface area contributed by atoms with E-state index in [-0.39, 0.29) is 30.5 Å². The van der Waals surface area contributed by atoms with Gasteiger partial charge in [0.15, 0.2) is 10.9 Å². The topological polar surface area (TPSA) is 102 Å². The summed E-state index contributed by atoms with van der Waals surface area (Å²) < 4.78 is 6.81. The molecule has 0 fully saturated rings. The van der Waals surface area contributed by atoms with Crippen molar-refractivity contribution in [2.45, 2.75) is 16.5 Å². The Labute approximate surface area is 154 Å². The smallest absolute Gasteiger partial charge is 0.286 e. The molecule has 0 aliphatic carbocycles. The van der Waals surface area contributed by atoms with E-state index in [9.17, 15) is 9.59 Å². The lowest BCUT2D eigenvalue weighted by Gasteiger charge is -2.07. The highest BCUT2D eigenvalue weighted by molar-refractivity contribution is 7.99. The van der Waals surface area contributed by atoms with Gasteiger partial charge < -0.3 is 19.6 Å². The van der Waals surface area contributed by atoms with E-state index in [4.69, 9.17) is 4.42 Å². The fourth-order valence-electron chi connectivity index (χ4n) is 2.08. The fourth-order valence-corrected chi connectivity index (χ4v) is 2.85. The summed E-state index contributed by atoms with van der Waals surface area (Å²) in [5, 5.41) is 14.1. The highest BCUT2D eigenvalue weighted by atomic mass is 32.2. The number of hydrogen-bond donors (Lipinski definition) is 2. The van der Waals surface area contributed by atoms with Gasteiger partial charge in [-0.3, -0.25) is 9.59 Å². The first-order valence-corrected chi connectivity index (χ1v) is 8.67. The van der Waals surface area contributed by atoms with Crippen molar-refractivity contribution >= 4 is 29.3 Å². The zero-order valence-corrected chi connectivity index (χ0v) is 14.8. The van der Waals surface area contributed by atoms with Gasteiger partial charge in [-0.05, 0) is 48.2 Å². The average molecular weight is 371 g/mol. The number of aromatic nitrogens is 3. The number of amides is 2. The van der Waals surface area contributed by atoms with Crippen LogP contribution in [0.15, 0.2) is 63.5 Å². The lowest BCUT2D eigenvalue weighted by Crippen LogP contribution is -2.27. The standard InChI is InChI=1S/C17H17N5O3S/c1-22-11-19-21-17(22)26-13-6-4-12(5-7-13)20-15(23)8-9-18-16(24)14-3-2-10-25-14/h2-7,10-11H,8-9H2,1H3,(H,18,24)(H,20,23). The predicted molar refractivity (Wildman–Crippen MR) is 95.9 cm³/mol. The van der Waals surface area contributed by atoms with Crippen molar-refractivity contribution in [2.24, 2.45) is 7.05 Å². The van der Waals surface area contributed by atoms with E-state index >= 15 is 0 Å². The number of anilines is 1. The minimum Gasteiger partial charge on any atom is -0.459 e. The maximum Gasteiger partial charge on any atom is 0.286 e. The SMILES string of the molecule is Cn1cnnc1Sc1ccc(NC(=O)CCNC(=O)c2ccco2)cc1. The molecule has 26 heavy (non-hydrogen) atoms. The van der Waals surface area contributed by atoms with E-state index in [1.54, 1.807) is 18.5 Å². The second-order valence-electron chi connectivity index (χ2n) is 5.38. The summed E-state index contributed by atoms with van der Waals surface area (Å²) in [7, 11) is 1.88. The summed E-state index contributed by atoms with van der Waals surface area (Å²) in [5.41, 5.74) is 0.690. The van der Waals surface area contributed by atoms with Crippen LogP contribution in [0.4, 0.5) is 5.69 Å². The molecule has 0 bridgehead atoms. The molecule has 2 amide bonds. The normalized spacial score (nSPS) is 10.5. The van der Waals surface area contributed by atoms with Gasteiger partial charge in [0.05, 0.1) is 6.26 Å². The molecule has 8 nitrogen and oxygen atoms in total. The van der Waals surface area contributed by atoms with E-state index < -0.39 is 0 Å². The zero-order chi connectivity index (χ0) is 18.4. The number of carbonyl (C=O) groups is 2. The Kier molecular flexibility index (Phi) is 5.69. The minimum absolute atomic E-state index is 0.169. The van der Waals surface area contributed by atoms with Crippen molar-refractivity contribution in [3.63, 3.8) is 0 Å². The molecule has 0 aliphatic heterocycles. The molecule has 2 N–H and O–H groups in total. The summed E-state index contributed by atoms with van der Waals surface area (Å²) in [6, 6.07) is 10.6. The molecule has 0 radical (unpaired) electrons. The molecule has 2 aromatic heterocycles. The lowest BCUT2D eigenvalue weighted by molar-refractivity contribution is -0.116. The number of hydrogen-bond acceptors (Lipinski definition) is 6. The first-order valence-electron chi connectivity index (χ1n) is 7.85. The highest BCUT2D eigenvalue weighted by Gasteiger charge is 2.09. The Bertz CT molecular complexity index is 874. The van der Waals surface area contributed by atoms with E-state index in [2.05, 4.69) is 20.8 Å². The number of rotatable bonds is 7. The van der Waals surface area contributed by atoms with Crippen LogP contribution in [0.1, 0.15) is 17.0 Å². The van der Waals surface area contributed by atoms with Crippen molar-refractivity contribution in [1.82, 2.24) is 20.1 Å². The summed E-state index contributed by atoms with van der Waals surface area (Å²) in [4.78, 5) is 24.6. The maximum atomic E-state index is 12.0. The maximum absolute atomic E-state index is 12.0. The quantitative estimate of drug-likeness (QED) is 0.661. The number of nitrogens with one attached hydrogen (secondary N) is 2. The fraction of sp³-hybridized carbons (Fsp3) is 0.176. The predicted octanol–water partition coefficient (Wildman–Crippen LogP) is 2.32. The molecule has 0 aliphatic rings. The third-order valence-corrected chi connectivity index (χ3v) is 4.46. The molecule has 1 aromatic carbocycles. The number of aryl methyl sites for hydroxylation is 1. The van der Waals surface area contributed by atoms with Gasteiger partial charge in [0.2, 0.25) is 5.91 Å². The average Bonchev–Trinajstić information content (AvgIpc) is 3.29. The Hall–Kier alpha value is -3.07. The van der Waals surface area contributed by atoms with E-state index in [1.807, 2.05) is 35.9 Å². The number of nitrogens with zero attached hydrogens (tertiary/aromatic N) is 3. The zero-order valence-electron chi connectivity index (χ0n) is 14.0. The van der Waals surface area contributed by atoms with Gasteiger partial charge in [0.25, 0.3) is 5.91 Å². The first kappa shape index (κ1) is 17.7. The second-order valence-corrected chi connectivity index (χ2v) is 6.42. The molecule has 0 saturated heterocycles. The molecule has 3 aromatic rings. The van der Waals surface area contributed by atoms with Crippen molar-refractivity contribution in [3.05, 3.63) is 54.7 Å². The molecule has 3 rings (SSSR count). The summed E-state index contributed by atoms with van der Waals surface area (Å²) in [5.74, 6) is -0.298. The van der Waals surface area contributed by atoms with Crippen LogP contribution in [0.3, 0.4) is 0 Å². The van der Waals surface area contributed by atoms with E-state index in [0.717, 1.165) is 10.1 Å². The van der Waals surface area contributed by atoms with Crippen molar-refractivity contribution < 1.29 is 14.0 Å². The molecule has 0 atom stereocenters. The van der Waals surface area contributed by atoms with E-state index in [0.29, 0.717) is 5.69 Å². The van der Waals surface area contributed by atoms with Gasteiger partial charge in [-0.25, -0.2) is 0 Å². The van der Waals surface area contributed by atoms with E-state index in [1.165, 1.54) is 18.0 Å². The Morgan fingerprint density at radius 1 is 1.23 bits per heavy atom. The van der Waals surface area contributed by atoms with Gasteiger partial charge in [-0.1, -0.05) is 0 Å². The Morgan fingerprint density at radius 2 is 2.04 bits per heavy atom. The van der Waals surface area contributed by atoms with Crippen LogP contribution in [0.25, 0.3) is 0 Å². The van der Waals surface area contributed by atoms with Crippen LogP contribution >= 0.6 is 11.8 Å². The molecule has 0 spiro atoms. The second kappa shape index (κ2) is 8.34. The molecule has 134 valence electrons. The van der Waals surface area contributed by atoms with Gasteiger partial charge in [-0.2, -0.15) is 0 Å². The van der Waals surface area contributed by atoms with Crippen LogP contribution in [-0.2, 0) is 11.8 Å².